The summed E-state index contributed by atoms with van der Waals surface area (Å²) in [7, 11) is 0. The Kier molecular flexibility index (Phi) is 3.46. The second kappa shape index (κ2) is 4.28. The van der Waals surface area contributed by atoms with E-state index in [-0.39, 0.29) is 5.41 Å². The number of carbonyl (C=O) groups is 1. The van der Waals surface area contributed by atoms with Crippen molar-refractivity contribution in [2.45, 2.75) is 32.4 Å². The van der Waals surface area contributed by atoms with E-state index in [1.165, 1.54) is 0 Å². The molecule has 1 amide bonds. The summed E-state index contributed by atoms with van der Waals surface area (Å²) < 4.78 is 39.0. The van der Waals surface area contributed by atoms with Crippen LogP contribution in [-0.4, -0.2) is 25.4 Å². The number of ether oxygens (including phenoxy) is 1. The molecule has 3 nitrogen and oxygen atoms in total. The molecule has 15 heavy (non-hydrogen) atoms. The summed E-state index contributed by atoms with van der Waals surface area (Å²) in [6, 6.07) is 0. The summed E-state index contributed by atoms with van der Waals surface area (Å²) in [5.74, 6) is 0. The minimum Gasteiger partial charge on any atom is -0.440 e. The summed E-state index contributed by atoms with van der Waals surface area (Å²) in [4.78, 5) is 10.8. The van der Waals surface area contributed by atoms with E-state index in [0.717, 1.165) is 19.3 Å². The molecule has 0 heterocycles. The largest absolute Gasteiger partial charge is 0.440 e. The Balaban J connectivity index is 2.14. The molecule has 1 saturated carbocycles. The van der Waals surface area contributed by atoms with Gasteiger partial charge in [-0.3, -0.25) is 0 Å². The van der Waals surface area contributed by atoms with Gasteiger partial charge < -0.3 is 10.1 Å². The topological polar surface area (TPSA) is 38.3 Å². The third kappa shape index (κ3) is 4.40. The van der Waals surface area contributed by atoms with Gasteiger partial charge in [0.25, 0.3) is 0 Å². The zero-order valence-electron chi connectivity index (χ0n) is 8.49. The minimum absolute atomic E-state index is 0.108. The number of nitrogens with one attached hydrogen (secondary N) is 1. The zero-order valence-corrected chi connectivity index (χ0v) is 8.49. The van der Waals surface area contributed by atoms with E-state index in [0.29, 0.717) is 6.54 Å². The Hall–Kier alpha value is -0.940. The fourth-order valence-corrected chi connectivity index (χ4v) is 1.29. The monoisotopic (exact) mass is 225 g/mol. The van der Waals surface area contributed by atoms with E-state index >= 15 is 0 Å². The lowest BCUT2D eigenvalue weighted by molar-refractivity contribution is -0.160. The van der Waals surface area contributed by atoms with E-state index in [1.807, 2.05) is 6.92 Å². The van der Waals surface area contributed by atoms with Gasteiger partial charge in [0.2, 0.25) is 0 Å². The molecule has 1 rings (SSSR count). The molecule has 0 aromatic rings. The van der Waals surface area contributed by atoms with Gasteiger partial charge in [0.15, 0.2) is 6.61 Å². The minimum atomic E-state index is -4.46. The van der Waals surface area contributed by atoms with Crippen LogP contribution >= 0.6 is 0 Å². The predicted molar refractivity (Wildman–Crippen MR) is 47.4 cm³/mol. The molecule has 0 atom stereocenters. The molecule has 1 fully saturated rings. The highest BCUT2D eigenvalue weighted by molar-refractivity contribution is 5.67. The molecule has 0 saturated heterocycles. The van der Waals surface area contributed by atoms with Gasteiger partial charge in [0.1, 0.15) is 0 Å². The SMILES string of the molecule is CCC1(CNC(=O)OCC(F)(F)F)CC1. The maximum atomic E-state index is 11.7. The molecule has 1 aliphatic rings. The fourth-order valence-electron chi connectivity index (χ4n) is 1.29. The number of hydrogen-bond donors (Lipinski definition) is 1. The molecule has 1 aliphatic carbocycles. The predicted octanol–water partition coefficient (Wildman–Crippen LogP) is 2.47. The maximum Gasteiger partial charge on any atom is 0.422 e. The smallest absolute Gasteiger partial charge is 0.422 e. The van der Waals surface area contributed by atoms with Crippen molar-refractivity contribution in [1.29, 1.82) is 0 Å². The van der Waals surface area contributed by atoms with Crippen molar-refractivity contribution in [3.8, 4) is 0 Å². The first-order valence-corrected chi connectivity index (χ1v) is 4.84. The molecule has 0 aromatic carbocycles. The van der Waals surface area contributed by atoms with E-state index in [2.05, 4.69) is 10.1 Å². The van der Waals surface area contributed by atoms with E-state index in [4.69, 9.17) is 0 Å². The van der Waals surface area contributed by atoms with Gasteiger partial charge in [0, 0.05) is 6.54 Å². The molecule has 88 valence electrons. The van der Waals surface area contributed by atoms with Crippen LogP contribution in [0.1, 0.15) is 26.2 Å². The number of amides is 1. The number of carbonyl (C=O) groups excluding carboxylic acids is 1. The van der Waals surface area contributed by atoms with E-state index < -0.39 is 18.9 Å². The number of rotatable bonds is 4. The van der Waals surface area contributed by atoms with Gasteiger partial charge in [-0.2, -0.15) is 13.2 Å². The summed E-state index contributed by atoms with van der Waals surface area (Å²) in [5.41, 5.74) is 0.108. The summed E-state index contributed by atoms with van der Waals surface area (Å²) in [5, 5.41) is 2.35. The van der Waals surface area contributed by atoms with Crippen molar-refractivity contribution in [1.82, 2.24) is 5.32 Å². The van der Waals surface area contributed by atoms with Crippen molar-refractivity contribution in [2.75, 3.05) is 13.2 Å². The normalized spacial score (nSPS) is 18.4. The highest BCUT2D eigenvalue weighted by Crippen LogP contribution is 2.47. The molecule has 6 heteroatoms. The first-order chi connectivity index (χ1) is 6.87. The molecule has 0 unspecified atom stereocenters. The van der Waals surface area contributed by atoms with Crippen molar-refractivity contribution >= 4 is 6.09 Å². The summed E-state index contributed by atoms with van der Waals surface area (Å²) in [6.45, 7) is 0.869. The quantitative estimate of drug-likeness (QED) is 0.798. The van der Waals surface area contributed by atoms with Crippen LogP contribution in [0.5, 0.6) is 0 Å². The van der Waals surface area contributed by atoms with Crippen LogP contribution in [0.15, 0.2) is 0 Å². The second-order valence-corrected chi connectivity index (χ2v) is 3.90. The van der Waals surface area contributed by atoms with E-state index in [1.54, 1.807) is 0 Å². The zero-order chi connectivity index (χ0) is 11.5. The molecular formula is C9H14F3NO2. The van der Waals surface area contributed by atoms with Crippen LogP contribution in [0, 0.1) is 5.41 Å². The maximum absolute atomic E-state index is 11.7. The Morgan fingerprint density at radius 2 is 2.07 bits per heavy atom. The Labute approximate surface area is 86.0 Å². The molecule has 0 aliphatic heterocycles. The van der Waals surface area contributed by atoms with Gasteiger partial charge in [-0.25, -0.2) is 4.79 Å². The standard InChI is InChI=1S/C9H14F3NO2/c1-2-8(3-4-8)5-13-7(14)15-6-9(10,11)12/h2-6H2,1H3,(H,13,14). The average Bonchev–Trinajstić information content (AvgIpc) is 2.91. The molecule has 0 aromatic heterocycles. The van der Waals surface area contributed by atoms with Gasteiger partial charge in [0.05, 0.1) is 0 Å². The number of hydrogen-bond acceptors (Lipinski definition) is 2. The third-order valence-electron chi connectivity index (χ3n) is 2.68. The molecular weight excluding hydrogens is 211 g/mol. The molecule has 0 radical (unpaired) electrons. The van der Waals surface area contributed by atoms with Gasteiger partial charge >= 0.3 is 12.3 Å². The first kappa shape index (κ1) is 12.1. The lowest BCUT2D eigenvalue weighted by Crippen LogP contribution is -2.33. The second-order valence-electron chi connectivity index (χ2n) is 3.90. The number of alkyl carbamates (subject to hydrolysis) is 1. The van der Waals surface area contributed by atoms with Crippen LogP contribution in [0.4, 0.5) is 18.0 Å². The van der Waals surface area contributed by atoms with Crippen LogP contribution in [-0.2, 0) is 4.74 Å². The highest BCUT2D eigenvalue weighted by atomic mass is 19.4. The van der Waals surface area contributed by atoms with Crippen LogP contribution < -0.4 is 5.32 Å². The summed E-state index contributed by atoms with van der Waals surface area (Å²) in [6.07, 6.45) is -2.50. The van der Waals surface area contributed by atoms with Crippen LogP contribution in [0.2, 0.25) is 0 Å². The number of alkyl halides is 3. The fraction of sp³-hybridized carbons (Fsp3) is 0.889. The lowest BCUT2D eigenvalue weighted by atomic mass is 10.0. The van der Waals surface area contributed by atoms with Crippen molar-refractivity contribution in [3.05, 3.63) is 0 Å². The van der Waals surface area contributed by atoms with E-state index in [9.17, 15) is 18.0 Å². The Bertz CT molecular complexity index is 236. The molecule has 0 spiro atoms. The third-order valence-corrected chi connectivity index (χ3v) is 2.68. The Morgan fingerprint density at radius 1 is 1.47 bits per heavy atom. The number of halogens is 3. The van der Waals surface area contributed by atoms with Crippen molar-refractivity contribution in [2.24, 2.45) is 5.41 Å². The highest BCUT2D eigenvalue weighted by Gasteiger charge is 2.41. The molecule has 1 N–H and O–H groups in total. The van der Waals surface area contributed by atoms with Gasteiger partial charge in [-0.1, -0.05) is 6.92 Å². The molecule has 0 bridgehead atoms. The first-order valence-electron chi connectivity index (χ1n) is 4.84. The summed E-state index contributed by atoms with van der Waals surface area (Å²) >= 11 is 0. The Morgan fingerprint density at radius 3 is 2.47 bits per heavy atom. The lowest BCUT2D eigenvalue weighted by Gasteiger charge is -2.14. The van der Waals surface area contributed by atoms with Crippen LogP contribution in [0.3, 0.4) is 0 Å². The van der Waals surface area contributed by atoms with Gasteiger partial charge in [-0.15, -0.1) is 0 Å². The van der Waals surface area contributed by atoms with Crippen molar-refractivity contribution < 1.29 is 22.7 Å². The van der Waals surface area contributed by atoms with Crippen LogP contribution in [0.25, 0.3) is 0 Å². The van der Waals surface area contributed by atoms with Crippen molar-refractivity contribution in [3.63, 3.8) is 0 Å². The van der Waals surface area contributed by atoms with Gasteiger partial charge in [-0.05, 0) is 24.7 Å². The average molecular weight is 225 g/mol.